The number of likely N-dealkylation sites (tertiary alicyclic amines) is 1. The van der Waals surface area contributed by atoms with E-state index in [0.29, 0.717) is 17.8 Å². The molecule has 2 N–H and O–H groups in total. The fourth-order valence-electron chi connectivity index (χ4n) is 4.44. The van der Waals surface area contributed by atoms with Gasteiger partial charge in [0.1, 0.15) is 0 Å². The van der Waals surface area contributed by atoms with Gasteiger partial charge in [-0.25, -0.2) is 9.59 Å². The third-order valence-corrected chi connectivity index (χ3v) is 6.18. The monoisotopic (exact) mass is 442 g/mol. The van der Waals surface area contributed by atoms with E-state index in [1.54, 1.807) is 6.92 Å². The molecule has 3 amide bonds. The van der Waals surface area contributed by atoms with Gasteiger partial charge in [0.15, 0.2) is 0 Å². The van der Waals surface area contributed by atoms with Crippen molar-refractivity contribution in [2.24, 2.45) is 5.92 Å². The zero-order valence-electron chi connectivity index (χ0n) is 19.2. The summed E-state index contributed by atoms with van der Waals surface area (Å²) in [6, 6.07) is 8.52. The minimum absolute atomic E-state index is 0.0318. The Labute approximate surface area is 190 Å². The number of benzene rings is 1. The topological polar surface area (TPSA) is 91.0 Å². The largest absolute Gasteiger partial charge is 0.463 e. The molecule has 1 aromatic rings. The molecule has 0 spiro atoms. The quantitative estimate of drug-likeness (QED) is 0.604. The number of esters is 1. The van der Waals surface area contributed by atoms with Gasteiger partial charge in [0.2, 0.25) is 5.91 Å². The fraction of sp³-hybridized carbons (Fsp3) is 0.542. The van der Waals surface area contributed by atoms with Gasteiger partial charge in [-0.3, -0.25) is 9.69 Å². The van der Waals surface area contributed by atoms with Crippen molar-refractivity contribution in [3.8, 4) is 0 Å². The van der Waals surface area contributed by atoms with Crippen molar-refractivity contribution in [1.82, 2.24) is 20.4 Å². The van der Waals surface area contributed by atoms with Crippen LogP contribution < -0.4 is 10.6 Å². The maximum Gasteiger partial charge on any atom is 0.338 e. The van der Waals surface area contributed by atoms with Crippen molar-refractivity contribution in [2.45, 2.75) is 39.7 Å². The molecule has 0 aromatic heterocycles. The maximum atomic E-state index is 12.9. The van der Waals surface area contributed by atoms with Crippen LogP contribution in [0.3, 0.4) is 0 Å². The zero-order chi connectivity index (χ0) is 23.1. The lowest BCUT2D eigenvalue weighted by molar-refractivity contribution is -0.139. The Morgan fingerprint density at radius 1 is 1.09 bits per heavy atom. The molecule has 0 radical (unpaired) electrons. The van der Waals surface area contributed by atoms with Crippen LogP contribution in [0, 0.1) is 5.92 Å². The van der Waals surface area contributed by atoms with Crippen LogP contribution in [0.4, 0.5) is 4.79 Å². The van der Waals surface area contributed by atoms with E-state index in [-0.39, 0.29) is 24.5 Å². The summed E-state index contributed by atoms with van der Waals surface area (Å²) in [7, 11) is 0. The van der Waals surface area contributed by atoms with E-state index in [2.05, 4.69) is 15.5 Å². The van der Waals surface area contributed by atoms with Crippen LogP contribution in [0.25, 0.3) is 0 Å². The van der Waals surface area contributed by atoms with Gasteiger partial charge in [-0.1, -0.05) is 30.3 Å². The molecule has 8 nitrogen and oxygen atoms in total. The van der Waals surface area contributed by atoms with E-state index < -0.39 is 12.0 Å². The van der Waals surface area contributed by atoms with E-state index in [0.717, 1.165) is 44.6 Å². The lowest BCUT2D eigenvalue weighted by Crippen LogP contribution is -2.49. The third-order valence-electron chi connectivity index (χ3n) is 6.18. The first-order valence-corrected chi connectivity index (χ1v) is 11.5. The van der Waals surface area contributed by atoms with E-state index in [1.807, 2.05) is 49.1 Å². The third kappa shape index (κ3) is 5.48. The van der Waals surface area contributed by atoms with E-state index >= 15 is 0 Å². The molecule has 3 rings (SSSR count). The molecule has 1 atom stereocenters. The molecule has 2 heterocycles. The number of nitrogens with zero attached hydrogens (tertiary/aromatic N) is 2. The zero-order valence-corrected chi connectivity index (χ0v) is 19.2. The number of urea groups is 1. The van der Waals surface area contributed by atoms with Gasteiger partial charge < -0.3 is 20.3 Å². The lowest BCUT2D eigenvalue weighted by atomic mass is 9.93. The minimum atomic E-state index is -0.569. The van der Waals surface area contributed by atoms with Gasteiger partial charge >= 0.3 is 12.0 Å². The molecule has 32 heavy (non-hydrogen) atoms. The van der Waals surface area contributed by atoms with Crippen molar-refractivity contribution >= 4 is 17.9 Å². The van der Waals surface area contributed by atoms with Crippen molar-refractivity contribution in [1.29, 1.82) is 0 Å². The van der Waals surface area contributed by atoms with Crippen LogP contribution >= 0.6 is 0 Å². The second-order valence-electron chi connectivity index (χ2n) is 8.12. The molecular weight excluding hydrogens is 408 g/mol. The summed E-state index contributed by atoms with van der Waals surface area (Å²) in [6.45, 7) is 9.37. The van der Waals surface area contributed by atoms with Crippen LogP contribution in [-0.2, 0) is 14.3 Å². The molecule has 0 saturated carbocycles. The second kappa shape index (κ2) is 11.1. The summed E-state index contributed by atoms with van der Waals surface area (Å²) in [5.41, 5.74) is 1.82. The van der Waals surface area contributed by atoms with Crippen LogP contribution in [0.5, 0.6) is 0 Å². The number of rotatable bonds is 8. The average Bonchev–Trinajstić information content (AvgIpc) is 2.80. The predicted octanol–water partition coefficient (Wildman–Crippen LogP) is 2.44. The smallest absolute Gasteiger partial charge is 0.338 e. The number of amides is 3. The molecule has 2 aliphatic heterocycles. The van der Waals surface area contributed by atoms with E-state index in [4.69, 9.17) is 4.74 Å². The summed E-state index contributed by atoms with van der Waals surface area (Å²) < 4.78 is 5.33. The molecule has 1 unspecified atom stereocenters. The normalized spacial score (nSPS) is 19.8. The molecule has 174 valence electrons. The minimum Gasteiger partial charge on any atom is -0.463 e. The number of hydrogen-bond acceptors (Lipinski definition) is 5. The second-order valence-corrected chi connectivity index (χ2v) is 8.12. The standard InChI is InChI=1S/C24H34N4O4/c1-4-28(5-2)22(29)18-12-14-27(15-13-18)16-19-20(23(30)32-6-3)21(26-24(31)25-19)17-10-8-7-9-11-17/h7-11,18,21H,4-6,12-16H2,1-3H3,(H2,25,26,31). The van der Waals surface area contributed by atoms with Gasteiger partial charge in [-0.15, -0.1) is 0 Å². The number of piperidine rings is 1. The molecule has 1 saturated heterocycles. The number of carbonyl (C=O) groups excluding carboxylic acids is 3. The number of carbonyl (C=O) groups is 3. The van der Waals surface area contributed by atoms with Crippen LogP contribution in [0.1, 0.15) is 45.2 Å². The van der Waals surface area contributed by atoms with Crippen LogP contribution in [0.2, 0.25) is 0 Å². The average molecular weight is 443 g/mol. The van der Waals surface area contributed by atoms with Gasteiger partial charge in [0.05, 0.1) is 18.2 Å². The highest BCUT2D eigenvalue weighted by Gasteiger charge is 2.35. The van der Waals surface area contributed by atoms with Crippen LogP contribution in [0.15, 0.2) is 41.6 Å². The molecule has 0 bridgehead atoms. The highest BCUT2D eigenvalue weighted by atomic mass is 16.5. The Bertz CT molecular complexity index is 843. The highest BCUT2D eigenvalue weighted by molar-refractivity contribution is 5.95. The molecule has 8 heteroatoms. The SMILES string of the molecule is CCOC(=O)C1=C(CN2CCC(C(=O)N(CC)CC)CC2)NC(=O)NC1c1ccccc1. The van der Waals surface area contributed by atoms with Gasteiger partial charge in [-0.05, 0) is 52.3 Å². The van der Waals surface area contributed by atoms with Gasteiger partial charge in [-0.2, -0.15) is 0 Å². The Balaban J connectivity index is 1.78. The van der Waals surface area contributed by atoms with Crippen molar-refractivity contribution in [2.75, 3.05) is 39.3 Å². The van der Waals surface area contributed by atoms with E-state index in [9.17, 15) is 14.4 Å². The summed E-state index contributed by atoms with van der Waals surface area (Å²) in [5.74, 6) is -0.180. The lowest BCUT2D eigenvalue weighted by Gasteiger charge is -2.36. The van der Waals surface area contributed by atoms with Crippen molar-refractivity contribution in [3.05, 3.63) is 47.2 Å². The van der Waals surface area contributed by atoms with Crippen LogP contribution in [-0.4, -0.2) is 67.0 Å². The first-order valence-electron chi connectivity index (χ1n) is 11.5. The molecule has 1 fully saturated rings. The van der Waals surface area contributed by atoms with Gasteiger partial charge in [0.25, 0.3) is 0 Å². The molecule has 2 aliphatic rings. The first kappa shape index (κ1) is 23.8. The summed E-state index contributed by atoms with van der Waals surface area (Å²) in [6.07, 6.45) is 1.54. The Morgan fingerprint density at radius 2 is 1.75 bits per heavy atom. The summed E-state index contributed by atoms with van der Waals surface area (Å²) in [4.78, 5) is 42.1. The molecule has 1 aromatic carbocycles. The van der Waals surface area contributed by atoms with Crippen molar-refractivity contribution < 1.29 is 19.1 Å². The Kier molecular flexibility index (Phi) is 8.27. The van der Waals surface area contributed by atoms with Gasteiger partial charge in [0, 0.05) is 31.2 Å². The summed E-state index contributed by atoms with van der Waals surface area (Å²) in [5, 5.41) is 5.69. The first-order chi connectivity index (χ1) is 15.5. The van der Waals surface area contributed by atoms with E-state index in [1.165, 1.54) is 0 Å². The molecule has 0 aliphatic carbocycles. The maximum absolute atomic E-state index is 12.9. The predicted molar refractivity (Wildman–Crippen MR) is 122 cm³/mol. The number of nitrogens with one attached hydrogen (secondary N) is 2. The van der Waals surface area contributed by atoms with Crippen molar-refractivity contribution in [3.63, 3.8) is 0 Å². The number of hydrogen-bond donors (Lipinski definition) is 2. The highest BCUT2D eigenvalue weighted by Crippen LogP contribution is 2.29. The fourth-order valence-corrected chi connectivity index (χ4v) is 4.44. The molecular formula is C24H34N4O4. The Hall–Kier alpha value is -2.87. The number of ether oxygens (including phenoxy) is 1. The Morgan fingerprint density at radius 3 is 2.34 bits per heavy atom. The summed E-state index contributed by atoms with van der Waals surface area (Å²) >= 11 is 0.